The first-order valence-corrected chi connectivity index (χ1v) is 6.00. The van der Waals surface area contributed by atoms with Crippen LogP contribution in [0.1, 0.15) is 10.5 Å². The van der Waals surface area contributed by atoms with Crippen LogP contribution in [0, 0.1) is 0 Å². The van der Waals surface area contributed by atoms with Gasteiger partial charge in [0.1, 0.15) is 5.82 Å². The molecule has 2 rings (SSSR count). The summed E-state index contributed by atoms with van der Waals surface area (Å²) in [5, 5.41) is 12.0. The second kappa shape index (κ2) is 6.32. The van der Waals surface area contributed by atoms with E-state index in [1.807, 2.05) is 0 Å². The molecule has 1 aromatic rings. The summed E-state index contributed by atoms with van der Waals surface area (Å²) in [7, 11) is 0. The molecule has 0 aromatic carbocycles. The van der Waals surface area contributed by atoms with Crippen molar-refractivity contribution in [2.24, 2.45) is 0 Å². The van der Waals surface area contributed by atoms with E-state index in [1.165, 1.54) is 6.07 Å². The number of anilines is 1. The normalized spacial score (nSPS) is 16.4. The second-order valence-electron chi connectivity index (χ2n) is 4.09. The first-order valence-electron chi connectivity index (χ1n) is 6.00. The number of nitrogens with zero attached hydrogens (tertiary/aromatic N) is 2. The molecule has 0 aliphatic carbocycles. The molecule has 6 heteroatoms. The lowest BCUT2D eigenvalue weighted by atomic mass is 10.3. The van der Waals surface area contributed by atoms with Gasteiger partial charge in [-0.2, -0.15) is 0 Å². The van der Waals surface area contributed by atoms with Crippen molar-refractivity contribution in [3.8, 4) is 0 Å². The number of carbonyl (C=O) groups is 1. The Morgan fingerprint density at radius 3 is 2.94 bits per heavy atom. The second-order valence-corrected chi connectivity index (χ2v) is 4.09. The number of hydrogen-bond donors (Lipinski definition) is 2. The molecular weight excluding hydrogens is 234 g/mol. The fraction of sp³-hybridized carbons (Fsp3) is 0.500. The molecule has 1 aliphatic rings. The minimum absolute atomic E-state index is 0.0615. The summed E-state index contributed by atoms with van der Waals surface area (Å²) in [4.78, 5) is 17.1. The molecule has 0 radical (unpaired) electrons. The molecule has 18 heavy (non-hydrogen) atoms. The maximum atomic E-state index is 10.8. The molecule has 2 N–H and O–H groups in total. The van der Waals surface area contributed by atoms with Crippen LogP contribution in [0.5, 0.6) is 0 Å². The lowest BCUT2D eigenvalue weighted by Gasteiger charge is -2.26. The first kappa shape index (κ1) is 12.8. The van der Waals surface area contributed by atoms with Gasteiger partial charge in [-0.1, -0.05) is 6.07 Å². The smallest absolute Gasteiger partial charge is 0.354 e. The van der Waals surface area contributed by atoms with E-state index in [-0.39, 0.29) is 5.69 Å². The fourth-order valence-electron chi connectivity index (χ4n) is 1.82. The van der Waals surface area contributed by atoms with E-state index in [0.29, 0.717) is 5.82 Å². The highest BCUT2D eigenvalue weighted by molar-refractivity contribution is 5.85. The van der Waals surface area contributed by atoms with Gasteiger partial charge in [-0.05, 0) is 12.1 Å². The number of morpholine rings is 1. The van der Waals surface area contributed by atoms with Gasteiger partial charge in [0.15, 0.2) is 5.69 Å². The number of pyridine rings is 1. The molecule has 98 valence electrons. The third-order valence-electron chi connectivity index (χ3n) is 2.81. The number of rotatable bonds is 5. The molecule has 0 bridgehead atoms. The van der Waals surface area contributed by atoms with Crippen LogP contribution >= 0.6 is 0 Å². The Morgan fingerprint density at radius 2 is 2.22 bits per heavy atom. The topological polar surface area (TPSA) is 74.7 Å². The van der Waals surface area contributed by atoms with Gasteiger partial charge in [0, 0.05) is 26.2 Å². The van der Waals surface area contributed by atoms with Gasteiger partial charge in [-0.25, -0.2) is 9.78 Å². The van der Waals surface area contributed by atoms with E-state index in [9.17, 15) is 4.79 Å². The Balaban J connectivity index is 1.78. The molecule has 6 nitrogen and oxygen atoms in total. The van der Waals surface area contributed by atoms with E-state index in [4.69, 9.17) is 9.84 Å². The summed E-state index contributed by atoms with van der Waals surface area (Å²) in [5.41, 5.74) is 0.0615. The Labute approximate surface area is 106 Å². The number of ether oxygens (including phenoxy) is 1. The van der Waals surface area contributed by atoms with Crippen LogP contribution in [0.4, 0.5) is 5.82 Å². The molecule has 0 spiro atoms. The van der Waals surface area contributed by atoms with E-state index < -0.39 is 5.97 Å². The van der Waals surface area contributed by atoms with Gasteiger partial charge in [0.05, 0.1) is 13.2 Å². The van der Waals surface area contributed by atoms with Gasteiger partial charge < -0.3 is 15.2 Å². The molecule has 0 unspecified atom stereocenters. The predicted molar refractivity (Wildman–Crippen MR) is 66.9 cm³/mol. The van der Waals surface area contributed by atoms with Crippen molar-refractivity contribution in [1.82, 2.24) is 9.88 Å². The van der Waals surface area contributed by atoms with Gasteiger partial charge >= 0.3 is 5.97 Å². The third kappa shape index (κ3) is 3.68. The third-order valence-corrected chi connectivity index (χ3v) is 2.81. The number of aromatic nitrogens is 1. The predicted octanol–water partition coefficient (Wildman–Crippen LogP) is 0.524. The Kier molecular flexibility index (Phi) is 4.49. The van der Waals surface area contributed by atoms with Crippen LogP contribution in [-0.4, -0.2) is 60.4 Å². The Bertz CT molecular complexity index is 405. The van der Waals surface area contributed by atoms with E-state index in [2.05, 4.69) is 15.2 Å². The van der Waals surface area contributed by atoms with Crippen LogP contribution in [-0.2, 0) is 4.74 Å². The van der Waals surface area contributed by atoms with Crippen LogP contribution in [0.25, 0.3) is 0 Å². The summed E-state index contributed by atoms with van der Waals surface area (Å²) in [6.07, 6.45) is 0. The zero-order chi connectivity index (χ0) is 12.8. The first-order chi connectivity index (χ1) is 8.75. The minimum Gasteiger partial charge on any atom is -0.477 e. The van der Waals surface area contributed by atoms with Crippen molar-refractivity contribution < 1.29 is 14.6 Å². The number of carboxylic acids is 1. The molecule has 0 atom stereocenters. The van der Waals surface area contributed by atoms with Crippen LogP contribution < -0.4 is 5.32 Å². The average molecular weight is 251 g/mol. The lowest BCUT2D eigenvalue weighted by molar-refractivity contribution is 0.0398. The summed E-state index contributed by atoms with van der Waals surface area (Å²) < 4.78 is 5.27. The molecule has 1 fully saturated rings. The van der Waals surface area contributed by atoms with Crippen molar-refractivity contribution in [1.29, 1.82) is 0 Å². The molecular formula is C12H17N3O3. The number of nitrogens with one attached hydrogen (secondary N) is 1. The maximum absolute atomic E-state index is 10.8. The van der Waals surface area contributed by atoms with Crippen LogP contribution in [0.2, 0.25) is 0 Å². The van der Waals surface area contributed by atoms with E-state index >= 15 is 0 Å². The molecule has 1 aromatic heterocycles. The highest BCUT2D eigenvalue weighted by Crippen LogP contribution is 2.05. The van der Waals surface area contributed by atoms with Crippen LogP contribution in [0.3, 0.4) is 0 Å². The average Bonchev–Trinajstić information content (AvgIpc) is 2.40. The van der Waals surface area contributed by atoms with Gasteiger partial charge in [0.25, 0.3) is 0 Å². The van der Waals surface area contributed by atoms with E-state index in [1.54, 1.807) is 12.1 Å². The lowest BCUT2D eigenvalue weighted by Crippen LogP contribution is -2.39. The summed E-state index contributed by atoms with van der Waals surface area (Å²) >= 11 is 0. The summed E-state index contributed by atoms with van der Waals surface area (Å²) in [6.45, 7) is 5.12. The van der Waals surface area contributed by atoms with Gasteiger partial charge in [0.2, 0.25) is 0 Å². The van der Waals surface area contributed by atoms with Crippen LogP contribution in [0.15, 0.2) is 18.2 Å². The zero-order valence-corrected chi connectivity index (χ0v) is 10.1. The highest BCUT2D eigenvalue weighted by Gasteiger charge is 2.09. The maximum Gasteiger partial charge on any atom is 0.354 e. The van der Waals surface area contributed by atoms with Crippen molar-refractivity contribution in [3.05, 3.63) is 23.9 Å². The number of carboxylic acid groups (broad SMARTS) is 1. The monoisotopic (exact) mass is 251 g/mol. The molecule has 2 heterocycles. The van der Waals surface area contributed by atoms with E-state index in [0.717, 1.165) is 39.4 Å². The Morgan fingerprint density at radius 1 is 1.44 bits per heavy atom. The minimum atomic E-state index is -1.01. The molecule has 1 saturated heterocycles. The number of aromatic carboxylic acids is 1. The standard InChI is InChI=1S/C12H17N3O3/c16-12(17)10-2-1-3-11(14-10)13-4-5-15-6-8-18-9-7-15/h1-3H,4-9H2,(H,13,14)(H,16,17). The summed E-state index contributed by atoms with van der Waals surface area (Å²) in [6, 6.07) is 4.94. The van der Waals surface area contributed by atoms with Crippen molar-refractivity contribution >= 4 is 11.8 Å². The van der Waals surface area contributed by atoms with Crippen molar-refractivity contribution in [2.45, 2.75) is 0 Å². The SMILES string of the molecule is O=C(O)c1cccc(NCCN2CCOCC2)n1. The highest BCUT2D eigenvalue weighted by atomic mass is 16.5. The molecule has 1 aliphatic heterocycles. The fourth-order valence-corrected chi connectivity index (χ4v) is 1.82. The molecule has 0 amide bonds. The van der Waals surface area contributed by atoms with Crippen molar-refractivity contribution in [3.63, 3.8) is 0 Å². The van der Waals surface area contributed by atoms with Crippen molar-refractivity contribution in [2.75, 3.05) is 44.7 Å². The summed E-state index contributed by atoms with van der Waals surface area (Å²) in [5.74, 6) is -0.407. The Hall–Kier alpha value is -1.66. The van der Waals surface area contributed by atoms with Gasteiger partial charge in [-0.15, -0.1) is 0 Å². The molecule has 0 saturated carbocycles. The quantitative estimate of drug-likeness (QED) is 0.795. The largest absolute Gasteiger partial charge is 0.477 e. The zero-order valence-electron chi connectivity index (χ0n) is 10.1. The number of hydrogen-bond acceptors (Lipinski definition) is 5. The van der Waals surface area contributed by atoms with Gasteiger partial charge in [-0.3, -0.25) is 4.90 Å².